The molecular formula is C23H40N5O14P3. The van der Waals surface area contributed by atoms with E-state index in [0.717, 1.165) is 30.3 Å². The largest absolute Gasteiger partial charge is 0.490 e. The maximum atomic E-state index is 12.5. The van der Waals surface area contributed by atoms with Crippen LogP contribution in [0, 0.1) is 0 Å². The third-order valence-corrected chi connectivity index (χ3v) is 9.92. The SMILES string of the molecule is CCCCC(=O)NCCCCCC(=O)NC/C=C/c1cn([C@H]2CC[C@@H](COP(=O)(O)OP(=O)(O)OP(=O)(O)O)O2)c(=O)nc1N. The highest BCUT2D eigenvalue weighted by Crippen LogP contribution is 2.66. The Kier molecular flexibility index (Phi) is 15.7. The highest BCUT2D eigenvalue weighted by molar-refractivity contribution is 7.66. The van der Waals surface area contributed by atoms with E-state index in [0.29, 0.717) is 31.4 Å². The molecule has 0 radical (unpaired) electrons. The van der Waals surface area contributed by atoms with Gasteiger partial charge in [-0.1, -0.05) is 31.9 Å². The average Bonchev–Trinajstić information content (AvgIpc) is 3.38. The molecule has 4 atom stereocenters. The third kappa shape index (κ3) is 15.7. The van der Waals surface area contributed by atoms with Gasteiger partial charge in [0.25, 0.3) is 0 Å². The Morgan fingerprint density at radius 3 is 2.42 bits per heavy atom. The average molecular weight is 704 g/mol. The van der Waals surface area contributed by atoms with Gasteiger partial charge in [0.05, 0.1) is 12.7 Å². The maximum Gasteiger partial charge on any atom is 0.490 e. The number of nitrogens with two attached hydrogens (primary N) is 1. The zero-order chi connectivity index (χ0) is 33.7. The first-order valence-corrected chi connectivity index (χ1v) is 18.5. The van der Waals surface area contributed by atoms with Gasteiger partial charge in [0, 0.05) is 37.7 Å². The van der Waals surface area contributed by atoms with Gasteiger partial charge >= 0.3 is 29.2 Å². The number of nitrogens with one attached hydrogen (secondary N) is 2. The predicted octanol–water partition coefficient (Wildman–Crippen LogP) is 1.84. The number of hydrogen-bond acceptors (Lipinski definition) is 12. The van der Waals surface area contributed by atoms with Gasteiger partial charge in [-0.25, -0.2) is 18.5 Å². The van der Waals surface area contributed by atoms with E-state index in [-0.39, 0.29) is 37.0 Å². The predicted molar refractivity (Wildman–Crippen MR) is 159 cm³/mol. The van der Waals surface area contributed by atoms with E-state index < -0.39 is 48.1 Å². The first kappa shape index (κ1) is 38.9. The van der Waals surface area contributed by atoms with Crippen LogP contribution in [0.2, 0.25) is 0 Å². The summed E-state index contributed by atoms with van der Waals surface area (Å²) in [6.45, 7) is 2.14. The van der Waals surface area contributed by atoms with Crippen LogP contribution in [0.4, 0.5) is 5.82 Å². The molecule has 2 rings (SSSR count). The standard InChI is InChI=1S/C23H40N5O14P3/c1-2-3-9-19(29)25-13-6-4-5-10-20(30)26-14-7-8-17-15-28(23(31)27-22(17)24)21-12-11-18(40-21)16-39-44(35,36)42-45(37,38)41-43(32,33)34/h7-8,15,18,21H,2-6,9-14,16H2,1H3,(H,25,29)(H,26,30)(H,35,36)(H,37,38)(H2,24,27,31)(H2,32,33,34)/b8-7+/t18-,21+/m0/s1. The van der Waals surface area contributed by atoms with Gasteiger partial charge in [0.2, 0.25) is 11.8 Å². The van der Waals surface area contributed by atoms with Gasteiger partial charge in [-0.15, -0.1) is 0 Å². The molecule has 1 aliphatic rings. The topological polar surface area (TPSA) is 288 Å². The van der Waals surface area contributed by atoms with E-state index in [1.54, 1.807) is 12.2 Å². The van der Waals surface area contributed by atoms with Crippen molar-refractivity contribution in [3.05, 3.63) is 28.3 Å². The normalized spacial score (nSPS) is 19.7. The van der Waals surface area contributed by atoms with Gasteiger partial charge in [0.15, 0.2) is 0 Å². The zero-order valence-corrected chi connectivity index (χ0v) is 27.2. The molecule has 1 aromatic heterocycles. The molecule has 0 spiro atoms. The zero-order valence-electron chi connectivity index (χ0n) is 24.6. The second-order valence-corrected chi connectivity index (χ2v) is 14.3. The summed E-state index contributed by atoms with van der Waals surface area (Å²) in [4.78, 5) is 75.9. The second kappa shape index (κ2) is 18.2. The van der Waals surface area contributed by atoms with Crippen LogP contribution in [0.15, 0.2) is 17.1 Å². The summed E-state index contributed by atoms with van der Waals surface area (Å²) in [6, 6.07) is 0. The number of hydrogen-bond donors (Lipinski definition) is 7. The number of carbonyl (C=O) groups excluding carboxylic acids is 2. The summed E-state index contributed by atoms with van der Waals surface area (Å²) in [5.74, 6) is -0.174. The van der Waals surface area contributed by atoms with Crippen LogP contribution in [-0.2, 0) is 41.2 Å². The number of ether oxygens (including phenoxy) is 1. The van der Waals surface area contributed by atoms with Gasteiger partial charge in [-0.05, 0) is 32.1 Å². The van der Waals surface area contributed by atoms with E-state index in [4.69, 9.17) is 20.3 Å². The van der Waals surface area contributed by atoms with E-state index >= 15 is 0 Å². The number of phosphoric ester groups is 1. The van der Waals surface area contributed by atoms with Crippen LogP contribution in [0.1, 0.15) is 76.5 Å². The Bertz CT molecular complexity index is 1380. The number of nitrogen functional groups attached to an aromatic ring is 1. The number of amides is 2. The van der Waals surface area contributed by atoms with Crippen molar-refractivity contribution in [1.29, 1.82) is 0 Å². The Hall–Kier alpha value is -2.27. The summed E-state index contributed by atoms with van der Waals surface area (Å²) < 4.78 is 52.8. The summed E-state index contributed by atoms with van der Waals surface area (Å²) in [6.07, 6.45) is 8.18. The number of carbonyl (C=O) groups is 2. The lowest BCUT2D eigenvalue weighted by Crippen LogP contribution is -2.29. The lowest BCUT2D eigenvalue weighted by atomic mass is 10.2. The Morgan fingerprint density at radius 2 is 1.73 bits per heavy atom. The quantitative estimate of drug-likeness (QED) is 0.0753. The van der Waals surface area contributed by atoms with E-state index in [2.05, 4.69) is 28.8 Å². The molecule has 1 fully saturated rings. The van der Waals surface area contributed by atoms with Crippen molar-refractivity contribution in [3.63, 3.8) is 0 Å². The molecule has 2 amide bonds. The number of rotatable bonds is 20. The third-order valence-electron chi connectivity index (χ3n) is 6.12. The van der Waals surface area contributed by atoms with Crippen LogP contribution in [0.3, 0.4) is 0 Å². The Morgan fingerprint density at radius 1 is 1.04 bits per heavy atom. The van der Waals surface area contributed by atoms with Gasteiger partial charge in [0.1, 0.15) is 12.0 Å². The fraction of sp³-hybridized carbons (Fsp3) is 0.652. The Balaban J connectivity index is 1.80. The highest BCUT2D eigenvalue weighted by atomic mass is 31.3. The van der Waals surface area contributed by atoms with Crippen LogP contribution in [-0.4, -0.2) is 66.7 Å². The molecule has 45 heavy (non-hydrogen) atoms. The van der Waals surface area contributed by atoms with Crippen LogP contribution in [0.25, 0.3) is 6.08 Å². The number of nitrogens with zero attached hydrogens (tertiary/aromatic N) is 2. The number of phosphoric acid groups is 3. The van der Waals surface area contributed by atoms with Crippen molar-refractivity contribution >= 4 is 47.2 Å². The summed E-state index contributed by atoms with van der Waals surface area (Å²) in [5.41, 5.74) is 5.48. The minimum absolute atomic E-state index is 0.0419. The van der Waals surface area contributed by atoms with Gasteiger partial charge in [-0.3, -0.25) is 18.7 Å². The molecule has 19 nitrogen and oxygen atoms in total. The molecule has 1 aliphatic heterocycles. The first-order valence-electron chi connectivity index (χ1n) is 14.0. The summed E-state index contributed by atoms with van der Waals surface area (Å²) in [7, 11) is -16.5. The van der Waals surface area contributed by atoms with E-state index in [1.807, 2.05) is 6.92 Å². The molecule has 1 saturated heterocycles. The molecule has 1 aromatic rings. The molecule has 22 heteroatoms. The molecule has 256 valence electrons. The fourth-order valence-electron chi connectivity index (χ4n) is 4.01. The van der Waals surface area contributed by atoms with E-state index in [9.17, 15) is 37.9 Å². The molecule has 0 bridgehead atoms. The Labute approximate surface area is 259 Å². The summed E-state index contributed by atoms with van der Waals surface area (Å²) >= 11 is 0. The molecule has 0 aliphatic carbocycles. The lowest BCUT2D eigenvalue weighted by Gasteiger charge is -2.19. The summed E-state index contributed by atoms with van der Waals surface area (Å²) in [5, 5.41) is 5.60. The van der Waals surface area contributed by atoms with Crippen molar-refractivity contribution in [2.45, 2.75) is 77.0 Å². The highest BCUT2D eigenvalue weighted by Gasteiger charge is 2.41. The molecule has 2 heterocycles. The number of anilines is 1. The van der Waals surface area contributed by atoms with Crippen LogP contribution < -0.4 is 22.1 Å². The monoisotopic (exact) mass is 703 g/mol. The van der Waals surface area contributed by atoms with Crippen LogP contribution >= 0.6 is 23.5 Å². The smallest absolute Gasteiger partial charge is 0.383 e. The van der Waals surface area contributed by atoms with E-state index in [1.165, 1.54) is 6.20 Å². The minimum atomic E-state index is -5.65. The molecule has 8 N–H and O–H groups in total. The maximum absolute atomic E-state index is 12.5. The molecule has 0 aromatic carbocycles. The number of unbranched alkanes of at least 4 members (excludes halogenated alkanes) is 3. The fourth-order valence-corrected chi connectivity index (χ4v) is 7.06. The van der Waals surface area contributed by atoms with Crippen LogP contribution in [0.5, 0.6) is 0 Å². The van der Waals surface area contributed by atoms with Crippen molar-refractivity contribution in [1.82, 2.24) is 20.2 Å². The van der Waals surface area contributed by atoms with Crippen molar-refractivity contribution in [2.75, 3.05) is 25.4 Å². The van der Waals surface area contributed by atoms with Gasteiger partial charge < -0.3 is 40.7 Å². The second-order valence-electron chi connectivity index (χ2n) is 9.92. The van der Waals surface area contributed by atoms with Crippen molar-refractivity contribution < 1.29 is 60.7 Å². The van der Waals surface area contributed by atoms with Crippen molar-refractivity contribution in [3.8, 4) is 0 Å². The van der Waals surface area contributed by atoms with Crippen molar-refractivity contribution in [2.24, 2.45) is 0 Å². The first-order chi connectivity index (χ1) is 21.0. The lowest BCUT2D eigenvalue weighted by molar-refractivity contribution is -0.122. The minimum Gasteiger partial charge on any atom is -0.383 e. The molecule has 0 saturated carbocycles. The number of aromatic nitrogens is 2. The molecular weight excluding hydrogens is 663 g/mol. The van der Waals surface area contributed by atoms with Gasteiger partial charge in [-0.2, -0.15) is 13.6 Å². The molecule has 2 unspecified atom stereocenters.